The maximum Gasteiger partial charge on any atom is 0.408 e. The van der Waals surface area contributed by atoms with Crippen molar-refractivity contribution in [3.63, 3.8) is 0 Å². The van der Waals surface area contributed by atoms with Gasteiger partial charge in [0.2, 0.25) is 5.95 Å². The number of benzene rings is 2. The van der Waals surface area contributed by atoms with Crippen LogP contribution in [0.3, 0.4) is 0 Å². The predicted octanol–water partition coefficient (Wildman–Crippen LogP) is 5.53. The number of carbonyl (C=O) groups is 1. The lowest BCUT2D eigenvalue weighted by molar-refractivity contribution is 0.0431. The average molecular weight is 608 g/mol. The Labute approximate surface area is 251 Å². The van der Waals surface area contributed by atoms with Crippen LogP contribution >= 0.6 is 23.2 Å². The number of aromatic amines is 2. The van der Waals surface area contributed by atoms with Crippen molar-refractivity contribution in [3.8, 4) is 22.8 Å². The fourth-order valence-corrected chi connectivity index (χ4v) is 5.59. The first kappa shape index (κ1) is 27.9. The van der Waals surface area contributed by atoms with Gasteiger partial charge in [-0.3, -0.25) is 5.10 Å². The number of hydrogen-bond donors (Lipinski definition) is 3. The zero-order chi connectivity index (χ0) is 29.5. The Hall–Kier alpha value is -4.29. The molecular weight excluding hydrogens is 579 g/mol. The molecule has 1 aliphatic heterocycles. The molecule has 14 heteroatoms. The summed E-state index contributed by atoms with van der Waals surface area (Å²) in [5, 5.41) is 26.5. The lowest BCUT2D eigenvalue weighted by Gasteiger charge is -2.43. The number of rotatable bonds is 5. The summed E-state index contributed by atoms with van der Waals surface area (Å²) in [5.74, 6) is 0.826. The molecule has 1 saturated heterocycles. The van der Waals surface area contributed by atoms with Crippen LogP contribution in [-0.4, -0.2) is 65.6 Å². The third-order valence-electron chi connectivity index (χ3n) is 7.15. The summed E-state index contributed by atoms with van der Waals surface area (Å²) in [6.45, 7) is 6.67. The number of tetrazole rings is 1. The molecule has 42 heavy (non-hydrogen) atoms. The highest BCUT2D eigenvalue weighted by Gasteiger charge is 2.39. The topological polar surface area (TPSA) is 150 Å². The summed E-state index contributed by atoms with van der Waals surface area (Å²) in [6, 6.07) is 15.3. The number of nitrogens with one attached hydrogen (secondary N) is 3. The van der Waals surface area contributed by atoms with Crippen LogP contribution in [0.1, 0.15) is 39.2 Å². The van der Waals surface area contributed by atoms with Crippen molar-refractivity contribution in [1.29, 1.82) is 0 Å². The summed E-state index contributed by atoms with van der Waals surface area (Å²) in [7, 11) is 0. The molecular formula is C28H28Cl2N10O2. The van der Waals surface area contributed by atoms with Gasteiger partial charge in [-0.25, -0.2) is 14.9 Å². The molecule has 216 valence electrons. The van der Waals surface area contributed by atoms with Gasteiger partial charge in [0, 0.05) is 18.7 Å². The molecule has 1 aliphatic rings. The number of halogens is 2. The van der Waals surface area contributed by atoms with E-state index in [-0.39, 0.29) is 0 Å². The van der Waals surface area contributed by atoms with Gasteiger partial charge in [-0.15, -0.1) is 5.10 Å². The van der Waals surface area contributed by atoms with Gasteiger partial charge in [-0.1, -0.05) is 65.7 Å². The van der Waals surface area contributed by atoms with Crippen LogP contribution in [0.25, 0.3) is 33.8 Å². The highest BCUT2D eigenvalue weighted by atomic mass is 35.5. The monoisotopic (exact) mass is 606 g/mol. The van der Waals surface area contributed by atoms with Crippen LogP contribution < -0.4 is 10.2 Å². The number of aromatic nitrogens is 8. The van der Waals surface area contributed by atoms with E-state index in [0.717, 1.165) is 5.56 Å². The Morgan fingerprint density at radius 2 is 1.76 bits per heavy atom. The Morgan fingerprint density at radius 1 is 1.00 bits per heavy atom. The van der Waals surface area contributed by atoms with Gasteiger partial charge < -0.3 is 15.0 Å². The lowest BCUT2D eigenvalue weighted by atomic mass is 9.81. The van der Waals surface area contributed by atoms with Crippen LogP contribution in [0.5, 0.6) is 0 Å². The molecule has 0 unspecified atom stereocenters. The molecule has 0 spiro atoms. The number of piperidine rings is 1. The van der Waals surface area contributed by atoms with Crippen LogP contribution in [-0.2, 0) is 10.3 Å². The number of amides is 1. The molecule has 12 nitrogen and oxygen atoms in total. The SMILES string of the molecule is CC(C)(C)OC(=O)NC1(c2ccccc2)CCN(c2nc(-c3nnn[nH]3)c3c(-c4cccc(Cl)c4Cl)n[nH]c3n2)CC1. The minimum absolute atomic E-state index is 0.353. The summed E-state index contributed by atoms with van der Waals surface area (Å²) in [6.07, 6.45) is 0.745. The molecule has 3 N–H and O–H groups in total. The molecule has 0 radical (unpaired) electrons. The Morgan fingerprint density at radius 3 is 2.45 bits per heavy atom. The van der Waals surface area contributed by atoms with Crippen molar-refractivity contribution in [2.45, 2.75) is 44.8 Å². The zero-order valence-electron chi connectivity index (χ0n) is 23.2. The van der Waals surface area contributed by atoms with Crippen molar-refractivity contribution in [1.82, 2.24) is 46.1 Å². The minimum atomic E-state index is -0.619. The summed E-state index contributed by atoms with van der Waals surface area (Å²) in [5.41, 5.74) is 1.88. The van der Waals surface area contributed by atoms with Crippen molar-refractivity contribution in [2.75, 3.05) is 18.0 Å². The van der Waals surface area contributed by atoms with E-state index in [1.165, 1.54) is 0 Å². The predicted molar refractivity (Wildman–Crippen MR) is 159 cm³/mol. The van der Waals surface area contributed by atoms with E-state index in [2.05, 4.69) is 41.0 Å². The second kappa shape index (κ2) is 10.8. The molecule has 3 aromatic heterocycles. The molecule has 0 atom stereocenters. The van der Waals surface area contributed by atoms with E-state index in [1.807, 2.05) is 57.2 Å². The highest BCUT2D eigenvalue weighted by Crippen LogP contribution is 2.40. The Kier molecular flexibility index (Phi) is 7.19. The number of ether oxygens (including phenoxy) is 1. The van der Waals surface area contributed by atoms with Gasteiger partial charge in [-0.2, -0.15) is 10.1 Å². The Bertz CT molecular complexity index is 1730. The quantitative estimate of drug-likeness (QED) is 0.234. The van der Waals surface area contributed by atoms with Gasteiger partial charge in [0.1, 0.15) is 17.0 Å². The fourth-order valence-electron chi connectivity index (χ4n) is 5.20. The van der Waals surface area contributed by atoms with E-state index in [1.54, 1.807) is 12.1 Å². The van der Waals surface area contributed by atoms with Gasteiger partial charge in [0.05, 0.1) is 21.0 Å². The number of alkyl carbamates (subject to hydrolysis) is 1. The molecule has 5 aromatic rings. The molecule has 1 amide bonds. The van der Waals surface area contributed by atoms with Gasteiger partial charge in [-0.05, 0) is 55.7 Å². The largest absolute Gasteiger partial charge is 0.444 e. The van der Waals surface area contributed by atoms with E-state index < -0.39 is 17.2 Å². The first-order valence-corrected chi connectivity index (χ1v) is 14.2. The van der Waals surface area contributed by atoms with E-state index in [9.17, 15) is 4.79 Å². The molecule has 4 heterocycles. The smallest absolute Gasteiger partial charge is 0.408 e. The Balaban J connectivity index is 1.36. The van der Waals surface area contributed by atoms with Gasteiger partial charge in [0.15, 0.2) is 11.5 Å². The second-order valence-electron chi connectivity index (χ2n) is 11.1. The molecule has 2 aromatic carbocycles. The molecule has 0 saturated carbocycles. The van der Waals surface area contributed by atoms with Crippen LogP contribution in [0, 0.1) is 0 Å². The van der Waals surface area contributed by atoms with Gasteiger partial charge >= 0.3 is 6.09 Å². The average Bonchev–Trinajstić information content (AvgIpc) is 3.65. The normalized spacial score (nSPS) is 15.1. The number of fused-ring (bicyclic) bond motifs is 1. The first-order chi connectivity index (χ1) is 20.1. The standard InChI is InChI=1S/C28H28Cl2N10O2/c1-27(2,3)42-26(41)33-28(16-8-5-4-6-9-16)12-14-40(15-13-28)25-31-22(24-36-38-39-37-24)19-21(34-35-23(19)32-25)17-10-7-11-18(29)20(17)30/h4-11H,12-15H2,1-3H3,(H,33,41)(H,31,32,34,35)(H,36,37,38,39). The minimum Gasteiger partial charge on any atom is -0.444 e. The van der Waals surface area contributed by atoms with Crippen LogP contribution in [0.2, 0.25) is 10.0 Å². The van der Waals surface area contributed by atoms with E-state index in [4.69, 9.17) is 37.9 Å². The molecule has 1 fully saturated rings. The van der Waals surface area contributed by atoms with Crippen LogP contribution in [0.15, 0.2) is 48.5 Å². The molecule has 0 bridgehead atoms. The molecule has 0 aliphatic carbocycles. The molecule has 6 rings (SSSR count). The van der Waals surface area contributed by atoms with E-state index in [0.29, 0.717) is 75.7 Å². The number of hydrogen-bond acceptors (Lipinski definition) is 9. The van der Waals surface area contributed by atoms with Gasteiger partial charge in [0.25, 0.3) is 0 Å². The van der Waals surface area contributed by atoms with Crippen molar-refractivity contribution in [2.24, 2.45) is 0 Å². The number of nitrogens with zero attached hydrogens (tertiary/aromatic N) is 7. The number of H-pyrrole nitrogens is 2. The first-order valence-electron chi connectivity index (χ1n) is 13.4. The van der Waals surface area contributed by atoms with Crippen molar-refractivity contribution in [3.05, 3.63) is 64.1 Å². The number of anilines is 1. The fraction of sp³-hybridized carbons (Fsp3) is 0.321. The maximum atomic E-state index is 12.9. The third kappa shape index (κ3) is 5.35. The zero-order valence-corrected chi connectivity index (χ0v) is 24.7. The maximum absolute atomic E-state index is 12.9. The summed E-state index contributed by atoms with van der Waals surface area (Å²) < 4.78 is 5.62. The second-order valence-corrected chi connectivity index (χ2v) is 11.9. The number of carbonyl (C=O) groups excluding carboxylic acids is 1. The third-order valence-corrected chi connectivity index (χ3v) is 7.97. The summed E-state index contributed by atoms with van der Waals surface area (Å²) >= 11 is 12.8. The lowest BCUT2D eigenvalue weighted by Crippen LogP contribution is -2.54. The highest BCUT2D eigenvalue weighted by molar-refractivity contribution is 6.43. The van der Waals surface area contributed by atoms with Crippen LogP contribution in [0.4, 0.5) is 10.7 Å². The van der Waals surface area contributed by atoms with Crippen molar-refractivity contribution >= 4 is 46.3 Å². The van der Waals surface area contributed by atoms with E-state index >= 15 is 0 Å². The summed E-state index contributed by atoms with van der Waals surface area (Å²) in [4.78, 5) is 24.7. The van der Waals surface area contributed by atoms with Crippen molar-refractivity contribution < 1.29 is 9.53 Å².